The van der Waals surface area contributed by atoms with Gasteiger partial charge in [-0.05, 0) is 26.5 Å². The van der Waals surface area contributed by atoms with E-state index < -0.39 is 0 Å². The van der Waals surface area contributed by atoms with Crippen LogP contribution in [0.4, 0.5) is 0 Å². The van der Waals surface area contributed by atoms with Gasteiger partial charge in [-0.3, -0.25) is 0 Å². The molecular formula is C12H19NO3. The zero-order valence-electron chi connectivity index (χ0n) is 9.91. The summed E-state index contributed by atoms with van der Waals surface area (Å²) in [5.74, 6) is 1.91. The fourth-order valence-corrected chi connectivity index (χ4v) is 1.84. The monoisotopic (exact) mass is 225 g/mol. The second kappa shape index (κ2) is 5.48. The third-order valence-electron chi connectivity index (χ3n) is 2.79. The van der Waals surface area contributed by atoms with Crippen molar-refractivity contribution in [3.8, 4) is 0 Å². The van der Waals surface area contributed by atoms with Gasteiger partial charge in [0, 0.05) is 12.2 Å². The van der Waals surface area contributed by atoms with Crippen LogP contribution in [-0.2, 0) is 22.6 Å². The van der Waals surface area contributed by atoms with Crippen LogP contribution in [0.15, 0.2) is 10.5 Å². The average molecular weight is 225 g/mol. The maximum Gasteiger partial charge on any atom is 0.118 e. The molecule has 0 saturated carbocycles. The molecule has 0 radical (unpaired) electrons. The Morgan fingerprint density at radius 2 is 2.44 bits per heavy atom. The third-order valence-corrected chi connectivity index (χ3v) is 2.79. The van der Waals surface area contributed by atoms with Crippen LogP contribution in [0, 0.1) is 6.92 Å². The Balaban J connectivity index is 1.87. The molecule has 0 aromatic carbocycles. The van der Waals surface area contributed by atoms with Gasteiger partial charge in [0.1, 0.15) is 11.5 Å². The minimum Gasteiger partial charge on any atom is -0.465 e. The highest BCUT2D eigenvalue weighted by Crippen LogP contribution is 2.18. The fourth-order valence-electron chi connectivity index (χ4n) is 1.84. The van der Waals surface area contributed by atoms with Gasteiger partial charge in [-0.2, -0.15) is 0 Å². The van der Waals surface area contributed by atoms with E-state index in [9.17, 15) is 0 Å². The Morgan fingerprint density at radius 1 is 1.56 bits per heavy atom. The van der Waals surface area contributed by atoms with Crippen LogP contribution in [0.5, 0.6) is 0 Å². The number of hydrogen-bond donors (Lipinski definition) is 1. The summed E-state index contributed by atoms with van der Waals surface area (Å²) in [5, 5.41) is 3.07. The molecule has 2 heterocycles. The Kier molecular flexibility index (Phi) is 3.98. The largest absolute Gasteiger partial charge is 0.465 e. The van der Waals surface area contributed by atoms with Crippen LogP contribution in [0.1, 0.15) is 23.5 Å². The summed E-state index contributed by atoms with van der Waals surface area (Å²) in [5.41, 5.74) is 1.14. The van der Waals surface area contributed by atoms with E-state index in [2.05, 4.69) is 11.4 Å². The molecule has 1 N–H and O–H groups in total. The molecule has 1 aliphatic rings. The Labute approximate surface area is 95.9 Å². The van der Waals surface area contributed by atoms with Crippen LogP contribution in [0.3, 0.4) is 0 Å². The lowest BCUT2D eigenvalue weighted by Crippen LogP contribution is -2.11. The molecule has 4 heteroatoms. The number of rotatable bonds is 5. The smallest absolute Gasteiger partial charge is 0.118 e. The second-order valence-electron chi connectivity index (χ2n) is 4.12. The number of nitrogens with one attached hydrogen (secondary N) is 1. The van der Waals surface area contributed by atoms with E-state index in [1.807, 2.05) is 14.0 Å². The van der Waals surface area contributed by atoms with Crippen molar-refractivity contribution in [3.63, 3.8) is 0 Å². The van der Waals surface area contributed by atoms with E-state index in [1.54, 1.807) is 0 Å². The summed E-state index contributed by atoms with van der Waals surface area (Å²) >= 11 is 0. The zero-order chi connectivity index (χ0) is 11.4. The maximum atomic E-state index is 5.76. The molecule has 2 rings (SSSR count). The molecule has 4 nitrogen and oxygen atoms in total. The summed E-state index contributed by atoms with van der Waals surface area (Å²) in [6.45, 7) is 4.89. The first-order chi connectivity index (χ1) is 7.79. The van der Waals surface area contributed by atoms with Crippen LogP contribution >= 0.6 is 0 Å². The molecule has 1 unspecified atom stereocenters. The van der Waals surface area contributed by atoms with Crippen molar-refractivity contribution >= 4 is 0 Å². The molecule has 16 heavy (non-hydrogen) atoms. The maximum absolute atomic E-state index is 5.76. The number of ether oxygens (including phenoxy) is 2. The average Bonchev–Trinajstić information content (AvgIpc) is 2.86. The Morgan fingerprint density at radius 3 is 3.12 bits per heavy atom. The lowest BCUT2D eigenvalue weighted by Gasteiger charge is -2.08. The molecule has 0 aliphatic carbocycles. The first-order valence-electron chi connectivity index (χ1n) is 5.71. The first kappa shape index (κ1) is 11.6. The standard InChI is InChI=1S/C12H19NO3/c1-9-10(5-12(16-9)6-13-2)7-15-11-3-4-14-8-11/h5,11,13H,3-4,6-8H2,1-2H3. The van der Waals surface area contributed by atoms with Crippen LogP contribution < -0.4 is 5.32 Å². The van der Waals surface area contributed by atoms with E-state index in [0.717, 1.165) is 43.3 Å². The van der Waals surface area contributed by atoms with E-state index in [-0.39, 0.29) is 6.10 Å². The molecule has 90 valence electrons. The molecule has 0 bridgehead atoms. The molecule has 1 aliphatic heterocycles. The minimum absolute atomic E-state index is 0.252. The molecule has 1 aromatic heterocycles. The quantitative estimate of drug-likeness (QED) is 0.827. The van der Waals surface area contributed by atoms with Crippen molar-refractivity contribution in [1.29, 1.82) is 0 Å². The summed E-state index contributed by atoms with van der Waals surface area (Å²) < 4.78 is 16.6. The van der Waals surface area contributed by atoms with E-state index in [4.69, 9.17) is 13.9 Å². The predicted molar refractivity (Wildman–Crippen MR) is 60.2 cm³/mol. The topological polar surface area (TPSA) is 43.6 Å². The van der Waals surface area contributed by atoms with Gasteiger partial charge in [-0.25, -0.2) is 0 Å². The van der Waals surface area contributed by atoms with Gasteiger partial charge in [0.15, 0.2) is 0 Å². The van der Waals surface area contributed by atoms with Crippen molar-refractivity contribution in [2.45, 2.75) is 32.6 Å². The van der Waals surface area contributed by atoms with Crippen molar-refractivity contribution in [3.05, 3.63) is 23.2 Å². The highest BCUT2D eigenvalue weighted by Gasteiger charge is 2.17. The van der Waals surface area contributed by atoms with E-state index >= 15 is 0 Å². The highest BCUT2D eigenvalue weighted by molar-refractivity contribution is 5.19. The van der Waals surface area contributed by atoms with Crippen LogP contribution in [0.2, 0.25) is 0 Å². The number of furan rings is 1. The summed E-state index contributed by atoms with van der Waals surface area (Å²) in [4.78, 5) is 0. The number of hydrogen-bond acceptors (Lipinski definition) is 4. The van der Waals surface area contributed by atoms with Crippen molar-refractivity contribution < 1.29 is 13.9 Å². The second-order valence-corrected chi connectivity index (χ2v) is 4.12. The van der Waals surface area contributed by atoms with Gasteiger partial charge in [-0.15, -0.1) is 0 Å². The van der Waals surface area contributed by atoms with Gasteiger partial charge < -0.3 is 19.2 Å². The molecule has 1 aromatic rings. The van der Waals surface area contributed by atoms with Crippen molar-refractivity contribution in [2.75, 3.05) is 20.3 Å². The normalized spacial score (nSPS) is 20.5. The lowest BCUT2D eigenvalue weighted by molar-refractivity contribution is 0.0312. The molecule has 0 spiro atoms. The minimum atomic E-state index is 0.252. The molecule has 1 fully saturated rings. The SMILES string of the molecule is CNCc1cc(COC2CCOC2)c(C)o1. The van der Waals surface area contributed by atoms with Crippen LogP contribution in [-0.4, -0.2) is 26.4 Å². The first-order valence-corrected chi connectivity index (χ1v) is 5.71. The van der Waals surface area contributed by atoms with Crippen molar-refractivity contribution in [1.82, 2.24) is 5.32 Å². The Bertz CT molecular complexity index is 329. The van der Waals surface area contributed by atoms with E-state index in [0.29, 0.717) is 6.61 Å². The summed E-state index contributed by atoms with van der Waals surface area (Å²) in [7, 11) is 1.91. The lowest BCUT2D eigenvalue weighted by atomic mass is 10.2. The zero-order valence-corrected chi connectivity index (χ0v) is 9.91. The molecule has 1 atom stereocenters. The molecular weight excluding hydrogens is 206 g/mol. The van der Waals surface area contributed by atoms with Crippen LogP contribution in [0.25, 0.3) is 0 Å². The van der Waals surface area contributed by atoms with Crippen molar-refractivity contribution in [2.24, 2.45) is 0 Å². The predicted octanol–water partition coefficient (Wildman–Crippen LogP) is 1.61. The van der Waals surface area contributed by atoms with Gasteiger partial charge in [0.25, 0.3) is 0 Å². The number of aryl methyl sites for hydroxylation is 1. The fraction of sp³-hybridized carbons (Fsp3) is 0.667. The van der Waals surface area contributed by atoms with Gasteiger partial charge in [-0.1, -0.05) is 0 Å². The summed E-state index contributed by atoms with van der Waals surface area (Å²) in [6.07, 6.45) is 1.25. The Hall–Kier alpha value is -0.840. The third kappa shape index (κ3) is 2.84. The summed E-state index contributed by atoms with van der Waals surface area (Å²) in [6, 6.07) is 2.06. The van der Waals surface area contributed by atoms with Gasteiger partial charge in [0.2, 0.25) is 0 Å². The van der Waals surface area contributed by atoms with Gasteiger partial charge >= 0.3 is 0 Å². The molecule has 0 amide bonds. The van der Waals surface area contributed by atoms with Gasteiger partial charge in [0.05, 0.1) is 25.9 Å². The van der Waals surface area contributed by atoms with E-state index in [1.165, 1.54) is 0 Å². The molecule has 1 saturated heterocycles. The highest BCUT2D eigenvalue weighted by atomic mass is 16.5.